The lowest BCUT2D eigenvalue weighted by Gasteiger charge is -2.26. The average Bonchev–Trinajstić information content (AvgIpc) is 2.55. The minimum atomic E-state index is -4.45. The van der Waals surface area contributed by atoms with Crippen molar-refractivity contribution in [1.82, 2.24) is 0 Å². The summed E-state index contributed by atoms with van der Waals surface area (Å²) in [4.78, 5) is 24.3. The van der Waals surface area contributed by atoms with E-state index in [0.29, 0.717) is 11.4 Å². The van der Waals surface area contributed by atoms with Crippen molar-refractivity contribution >= 4 is 23.1 Å². The molecular weight excluding hydrogens is 333 g/mol. The lowest BCUT2D eigenvalue weighted by Crippen LogP contribution is -2.40. The summed E-state index contributed by atoms with van der Waals surface area (Å²) in [5.41, 5.74) is 0.824. The molecule has 0 fully saturated rings. The van der Waals surface area contributed by atoms with E-state index in [4.69, 9.17) is 0 Å². The van der Waals surface area contributed by atoms with E-state index >= 15 is 0 Å². The van der Waals surface area contributed by atoms with Crippen LogP contribution in [-0.4, -0.2) is 17.7 Å². The van der Waals surface area contributed by atoms with Crippen LogP contribution in [0, 0.1) is 0 Å². The normalized spacial score (nSPS) is 16.6. The second-order valence-electron chi connectivity index (χ2n) is 5.85. The Balaban J connectivity index is 1.66. The molecule has 25 heavy (non-hydrogen) atoms. The van der Waals surface area contributed by atoms with E-state index in [9.17, 15) is 22.8 Å². The summed E-state index contributed by atoms with van der Waals surface area (Å²) < 4.78 is 38.2. The molecule has 0 unspecified atom stereocenters. The van der Waals surface area contributed by atoms with Crippen molar-refractivity contribution in [3.05, 3.63) is 59.7 Å². The van der Waals surface area contributed by atoms with Gasteiger partial charge in [-0.25, -0.2) is 0 Å². The maximum absolute atomic E-state index is 12.7. The van der Waals surface area contributed by atoms with Gasteiger partial charge < -0.3 is 10.6 Å². The number of carbonyl (C=O) groups is 2. The molecule has 0 aromatic heterocycles. The standard InChI is InChI=1S/C18H15F3N2O2/c19-18(20,21)12-5-3-4-11(8-12)9-13(24)10-16-17(25)23-15-7-2-1-6-14(15)22-16/h1-8,16,22H,9-10H2,(H,23,25)/t16-/m0/s1. The van der Waals surface area contributed by atoms with E-state index in [1.807, 2.05) is 0 Å². The Morgan fingerprint density at radius 2 is 1.76 bits per heavy atom. The van der Waals surface area contributed by atoms with Gasteiger partial charge in [0.2, 0.25) is 5.91 Å². The number of benzene rings is 2. The molecule has 1 atom stereocenters. The van der Waals surface area contributed by atoms with Crippen LogP contribution >= 0.6 is 0 Å². The van der Waals surface area contributed by atoms with Gasteiger partial charge in [0, 0.05) is 12.8 Å². The predicted molar refractivity (Wildman–Crippen MR) is 87.3 cm³/mol. The van der Waals surface area contributed by atoms with Crippen LogP contribution in [0.15, 0.2) is 48.5 Å². The van der Waals surface area contributed by atoms with Crippen LogP contribution in [0.4, 0.5) is 24.5 Å². The Kier molecular flexibility index (Phi) is 4.48. The first-order valence-electron chi connectivity index (χ1n) is 7.67. The fourth-order valence-corrected chi connectivity index (χ4v) is 2.72. The van der Waals surface area contributed by atoms with Gasteiger partial charge in [0.25, 0.3) is 0 Å². The number of halogens is 3. The zero-order chi connectivity index (χ0) is 18.0. The number of amides is 1. The molecule has 130 valence electrons. The van der Waals surface area contributed by atoms with Crippen molar-refractivity contribution < 1.29 is 22.8 Å². The van der Waals surface area contributed by atoms with Crippen LogP contribution < -0.4 is 10.6 Å². The fraction of sp³-hybridized carbons (Fsp3) is 0.222. The summed E-state index contributed by atoms with van der Waals surface area (Å²) in [5, 5.41) is 5.69. The van der Waals surface area contributed by atoms with Gasteiger partial charge in [-0.1, -0.05) is 30.3 Å². The zero-order valence-corrected chi connectivity index (χ0v) is 13.1. The number of hydrogen-bond donors (Lipinski definition) is 2. The van der Waals surface area contributed by atoms with Gasteiger partial charge in [0.15, 0.2) is 0 Å². The first-order valence-corrected chi connectivity index (χ1v) is 7.67. The van der Waals surface area contributed by atoms with Gasteiger partial charge in [0.05, 0.1) is 16.9 Å². The third kappa shape index (κ3) is 3.99. The van der Waals surface area contributed by atoms with E-state index in [1.165, 1.54) is 12.1 Å². The number of para-hydroxylation sites is 2. The Morgan fingerprint density at radius 1 is 1.04 bits per heavy atom. The molecule has 3 rings (SSSR count). The van der Waals surface area contributed by atoms with Gasteiger partial charge in [0.1, 0.15) is 11.8 Å². The molecule has 1 aliphatic rings. The summed E-state index contributed by atoms with van der Waals surface area (Å²) in [7, 11) is 0. The van der Waals surface area contributed by atoms with Crippen molar-refractivity contribution in [2.45, 2.75) is 25.1 Å². The second kappa shape index (κ2) is 6.58. The van der Waals surface area contributed by atoms with Crippen molar-refractivity contribution in [3.8, 4) is 0 Å². The number of rotatable bonds is 4. The highest BCUT2D eigenvalue weighted by atomic mass is 19.4. The van der Waals surface area contributed by atoms with Crippen molar-refractivity contribution in [3.63, 3.8) is 0 Å². The lowest BCUT2D eigenvalue weighted by atomic mass is 10.00. The number of anilines is 2. The van der Waals surface area contributed by atoms with Crippen LogP contribution in [0.3, 0.4) is 0 Å². The first-order chi connectivity index (χ1) is 11.8. The lowest BCUT2D eigenvalue weighted by molar-refractivity contribution is -0.137. The van der Waals surface area contributed by atoms with E-state index in [-0.39, 0.29) is 30.1 Å². The van der Waals surface area contributed by atoms with Gasteiger partial charge in [-0.15, -0.1) is 0 Å². The quantitative estimate of drug-likeness (QED) is 0.887. The Hall–Kier alpha value is -2.83. The molecule has 7 heteroatoms. The van der Waals surface area contributed by atoms with Crippen molar-refractivity contribution in [2.24, 2.45) is 0 Å². The van der Waals surface area contributed by atoms with Crippen LogP contribution in [0.2, 0.25) is 0 Å². The van der Waals surface area contributed by atoms with Gasteiger partial charge in [-0.05, 0) is 23.8 Å². The number of alkyl halides is 3. The van der Waals surface area contributed by atoms with Crippen LogP contribution in [0.25, 0.3) is 0 Å². The Bertz CT molecular complexity index is 818. The molecule has 1 aliphatic heterocycles. The molecule has 1 amide bonds. The highest BCUT2D eigenvalue weighted by molar-refractivity contribution is 6.05. The third-order valence-electron chi connectivity index (χ3n) is 3.92. The molecule has 0 spiro atoms. The van der Waals surface area contributed by atoms with E-state index in [0.717, 1.165) is 12.1 Å². The van der Waals surface area contributed by atoms with E-state index < -0.39 is 17.8 Å². The summed E-state index contributed by atoms with van der Waals surface area (Å²) >= 11 is 0. The Morgan fingerprint density at radius 3 is 2.48 bits per heavy atom. The molecule has 0 saturated heterocycles. The molecule has 0 saturated carbocycles. The second-order valence-corrected chi connectivity index (χ2v) is 5.85. The molecule has 1 heterocycles. The summed E-state index contributed by atoms with van der Waals surface area (Å²) in [5.74, 6) is -0.651. The number of ketones is 1. The molecule has 2 N–H and O–H groups in total. The zero-order valence-electron chi connectivity index (χ0n) is 13.1. The van der Waals surface area contributed by atoms with Crippen LogP contribution in [-0.2, 0) is 22.2 Å². The first kappa shape index (κ1) is 17.0. The van der Waals surface area contributed by atoms with Gasteiger partial charge in [-0.2, -0.15) is 13.2 Å². The number of nitrogens with one attached hydrogen (secondary N) is 2. The number of Topliss-reactive ketones (excluding diaryl/α,β-unsaturated/α-hetero) is 1. The SMILES string of the molecule is O=C(Cc1cccc(C(F)(F)F)c1)C[C@@H]1Nc2ccccc2NC1=O. The van der Waals surface area contributed by atoms with Gasteiger partial charge in [-0.3, -0.25) is 9.59 Å². The highest BCUT2D eigenvalue weighted by Crippen LogP contribution is 2.30. The maximum atomic E-state index is 12.7. The van der Waals surface area contributed by atoms with E-state index in [2.05, 4.69) is 10.6 Å². The maximum Gasteiger partial charge on any atom is 0.416 e. The highest BCUT2D eigenvalue weighted by Gasteiger charge is 2.31. The van der Waals surface area contributed by atoms with Crippen LogP contribution in [0.5, 0.6) is 0 Å². The van der Waals surface area contributed by atoms with Crippen molar-refractivity contribution in [1.29, 1.82) is 0 Å². The summed E-state index contributed by atoms with van der Waals surface area (Å²) in [6, 6.07) is 11.0. The fourth-order valence-electron chi connectivity index (χ4n) is 2.72. The summed E-state index contributed by atoms with van der Waals surface area (Å²) in [6.45, 7) is 0. The molecular formula is C18H15F3N2O2. The van der Waals surface area contributed by atoms with Crippen molar-refractivity contribution in [2.75, 3.05) is 10.6 Å². The predicted octanol–water partition coefficient (Wildman–Crippen LogP) is 3.64. The Labute approximate surface area is 142 Å². The van der Waals surface area contributed by atoms with E-state index in [1.54, 1.807) is 24.3 Å². The molecule has 2 aromatic carbocycles. The number of fused-ring (bicyclic) bond motifs is 1. The minimum Gasteiger partial charge on any atom is -0.372 e. The monoisotopic (exact) mass is 348 g/mol. The number of hydrogen-bond acceptors (Lipinski definition) is 3. The summed E-state index contributed by atoms with van der Waals surface area (Å²) in [6.07, 6.45) is -4.71. The molecule has 0 aliphatic carbocycles. The third-order valence-corrected chi connectivity index (χ3v) is 3.92. The number of carbonyl (C=O) groups excluding carboxylic acids is 2. The molecule has 2 aromatic rings. The van der Waals surface area contributed by atoms with Crippen LogP contribution in [0.1, 0.15) is 17.5 Å². The average molecular weight is 348 g/mol. The minimum absolute atomic E-state index is 0.101. The topological polar surface area (TPSA) is 58.2 Å². The van der Waals surface area contributed by atoms with Gasteiger partial charge >= 0.3 is 6.18 Å². The largest absolute Gasteiger partial charge is 0.416 e. The smallest absolute Gasteiger partial charge is 0.372 e. The molecule has 0 radical (unpaired) electrons. The molecule has 0 bridgehead atoms. The molecule has 4 nitrogen and oxygen atoms in total.